The van der Waals surface area contributed by atoms with Crippen molar-refractivity contribution in [2.45, 2.75) is 12.5 Å². The van der Waals surface area contributed by atoms with Crippen LogP contribution >= 0.6 is 0 Å². The van der Waals surface area contributed by atoms with Crippen molar-refractivity contribution in [3.8, 4) is 5.75 Å². The molecule has 0 aromatic carbocycles. The molecule has 1 aromatic rings. The SMILES string of the molecule is O=c1[nH]c(C(F)(F)F)ccc1OC(F)(F)F. The Labute approximate surface area is 83.6 Å². The van der Waals surface area contributed by atoms with Gasteiger partial charge in [0.1, 0.15) is 5.69 Å². The zero-order valence-electron chi connectivity index (χ0n) is 7.24. The summed E-state index contributed by atoms with van der Waals surface area (Å²) in [4.78, 5) is 12.0. The lowest BCUT2D eigenvalue weighted by Crippen LogP contribution is -2.24. The number of alkyl halides is 6. The number of aromatic amines is 1. The Hall–Kier alpha value is -1.67. The van der Waals surface area contributed by atoms with Gasteiger partial charge in [-0.1, -0.05) is 0 Å². The van der Waals surface area contributed by atoms with Crippen LogP contribution in [-0.4, -0.2) is 11.3 Å². The van der Waals surface area contributed by atoms with Gasteiger partial charge >= 0.3 is 12.5 Å². The summed E-state index contributed by atoms with van der Waals surface area (Å²) >= 11 is 0. The molecular weight excluding hydrogens is 244 g/mol. The van der Waals surface area contributed by atoms with Gasteiger partial charge in [0.05, 0.1) is 0 Å². The quantitative estimate of drug-likeness (QED) is 0.773. The topological polar surface area (TPSA) is 42.1 Å². The molecule has 0 saturated heterocycles. The molecule has 1 N–H and O–H groups in total. The van der Waals surface area contributed by atoms with Crippen LogP contribution in [0.1, 0.15) is 5.69 Å². The maximum Gasteiger partial charge on any atom is 0.573 e. The number of nitrogens with one attached hydrogen (secondary N) is 1. The number of hydrogen-bond acceptors (Lipinski definition) is 2. The van der Waals surface area contributed by atoms with E-state index in [4.69, 9.17) is 0 Å². The summed E-state index contributed by atoms with van der Waals surface area (Å²) in [5, 5.41) is 0. The molecule has 3 nitrogen and oxygen atoms in total. The molecule has 90 valence electrons. The fraction of sp³-hybridized carbons (Fsp3) is 0.286. The van der Waals surface area contributed by atoms with E-state index in [0.717, 1.165) is 0 Å². The molecule has 1 aromatic heterocycles. The maximum absolute atomic E-state index is 12.0. The van der Waals surface area contributed by atoms with Gasteiger partial charge in [0.25, 0.3) is 5.56 Å². The van der Waals surface area contributed by atoms with Crippen LogP contribution in [-0.2, 0) is 6.18 Å². The molecule has 9 heteroatoms. The molecule has 0 bridgehead atoms. The van der Waals surface area contributed by atoms with E-state index in [9.17, 15) is 31.1 Å². The molecule has 16 heavy (non-hydrogen) atoms. The van der Waals surface area contributed by atoms with E-state index in [0.29, 0.717) is 6.07 Å². The maximum atomic E-state index is 12.0. The first-order valence-electron chi connectivity index (χ1n) is 3.66. The zero-order chi connectivity index (χ0) is 12.6. The third-order valence-corrected chi connectivity index (χ3v) is 1.40. The summed E-state index contributed by atoms with van der Waals surface area (Å²) in [6, 6.07) is 0.581. The summed E-state index contributed by atoms with van der Waals surface area (Å²) in [7, 11) is 0. The van der Waals surface area contributed by atoms with E-state index < -0.39 is 29.5 Å². The molecule has 0 atom stereocenters. The Kier molecular flexibility index (Phi) is 2.89. The van der Waals surface area contributed by atoms with Crippen molar-refractivity contribution in [3.63, 3.8) is 0 Å². The Morgan fingerprint density at radius 2 is 1.62 bits per heavy atom. The average Bonchev–Trinajstić information content (AvgIpc) is 2.04. The van der Waals surface area contributed by atoms with Gasteiger partial charge in [-0.25, -0.2) is 0 Å². The second-order valence-electron chi connectivity index (χ2n) is 2.61. The van der Waals surface area contributed by atoms with E-state index in [1.807, 2.05) is 0 Å². The number of ether oxygens (including phenoxy) is 1. The van der Waals surface area contributed by atoms with Crippen molar-refractivity contribution >= 4 is 0 Å². The van der Waals surface area contributed by atoms with Crippen LogP contribution in [0.3, 0.4) is 0 Å². The highest BCUT2D eigenvalue weighted by Crippen LogP contribution is 2.27. The first-order valence-corrected chi connectivity index (χ1v) is 3.66. The van der Waals surface area contributed by atoms with Crippen molar-refractivity contribution in [2.24, 2.45) is 0 Å². The van der Waals surface area contributed by atoms with E-state index in [-0.39, 0.29) is 6.07 Å². The summed E-state index contributed by atoms with van der Waals surface area (Å²) in [6.07, 6.45) is -9.97. The highest BCUT2D eigenvalue weighted by atomic mass is 19.4. The van der Waals surface area contributed by atoms with Gasteiger partial charge in [-0.3, -0.25) is 4.79 Å². The first-order chi connectivity index (χ1) is 7.09. The van der Waals surface area contributed by atoms with E-state index >= 15 is 0 Å². The highest BCUT2D eigenvalue weighted by Gasteiger charge is 2.35. The Morgan fingerprint density at radius 1 is 1.06 bits per heavy atom. The predicted octanol–water partition coefficient (Wildman–Crippen LogP) is 2.29. The molecule has 0 aliphatic heterocycles. The van der Waals surface area contributed by atoms with Crippen LogP contribution in [0.2, 0.25) is 0 Å². The van der Waals surface area contributed by atoms with Crippen LogP contribution in [0.25, 0.3) is 0 Å². The fourth-order valence-electron chi connectivity index (χ4n) is 0.831. The van der Waals surface area contributed by atoms with Crippen LogP contribution in [0, 0.1) is 0 Å². The average molecular weight is 247 g/mol. The number of H-pyrrole nitrogens is 1. The van der Waals surface area contributed by atoms with Crippen LogP contribution in [0.4, 0.5) is 26.3 Å². The van der Waals surface area contributed by atoms with Crippen molar-refractivity contribution in [2.75, 3.05) is 0 Å². The Morgan fingerprint density at radius 3 is 2.00 bits per heavy atom. The number of rotatable bonds is 1. The number of hydrogen-bond donors (Lipinski definition) is 1. The molecule has 0 unspecified atom stereocenters. The fourth-order valence-corrected chi connectivity index (χ4v) is 0.831. The van der Waals surface area contributed by atoms with Crippen LogP contribution < -0.4 is 10.3 Å². The summed E-state index contributed by atoms with van der Waals surface area (Å²) in [6.45, 7) is 0. The number of halogens is 6. The first kappa shape index (κ1) is 12.4. The Balaban J connectivity index is 3.07. The zero-order valence-corrected chi connectivity index (χ0v) is 7.24. The smallest absolute Gasteiger partial charge is 0.400 e. The lowest BCUT2D eigenvalue weighted by atomic mass is 10.3. The van der Waals surface area contributed by atoms with Crippen molar-refractivity contribution in [1.82, 2.24) is 4.98 Å². The van der Waals surface area contributed by atoms with E-state index in [1.54, 1.807) is 0 Å². The molecule has 0 fully saturated rings. The van der Waals surface area contributed by atoms with Gasteiger partial charge in [-0.15, -0.1) is 13.2 Å². The van der Waals surface area contributed by atoms with Gasteiger partial charge in [-0.2, -0.15) is 13.2 Å². The van der Waals surface area contributed by atoms with Crippen LogP contribution in [0.15, 0.2) is 16.9 Å². The Bertz CT molecular complexity index is 432. The standard InChI is InChI=1S/C7H3F6NO2/c8-6(9,10)4-2-1-3(5(15)14-4)16-7(11,12)13/h1-2H,(H,14,15). The highest BCUT2D eigenvalue weighted by molar-refractivity contribution is 5.21. The third-order valence-electron chi connectivity index (χ3n) is 1.40. The van der Waals surface area contributed by atoms with Gasteiger partial charge in [-0.05, 0) is 12.1 Å². The molecule has 0 saturated carbocycles. The lowest BCUT2D eigenvalue weighted by Gasteiger charge is -2.09. The second kappa shape index (κ2) is 3.72. The largest absolute Gasteiger partial charge is 0.573 e. The van der Waals surface area contributed by atoms with Gasteiger partial charge in [0, 0.05) is 0 Å². The lowest BCUT2D eigenvalue weighted by molar-refractivity contribution is -0.275. The molecule has 1 heterocycles. The molecule has 0 amide bonds. The molecule has 0 radical (unpaired) electrons. The molecule has 0 aliphatic carbocycles. The van der Waals surface area contributed by atoms with E-state index in [1.165, 1.54) is 4.98 Å². The van der Waals surface area contributed by atoms with Crippen molar-refractivity contribution in [1.29, 1.82) is 0 Å². The third kappa shape index (κ3) is 3.17. The van der Waals surface area contributed by atoms with Crippen LogP contribution in [0.5, 0.6) is 5.75 Å². The molecule has 1 rings (SSSR count). The molecular formula is C7H3F6NO2. The summed E-state index contributed by atoms with van der Waals surface area (Å²) < 4.78 is 74.2. The minimum Gasteiger partial charge on any atom is -0.400 e. The normalized spacial score (nSPS) is 12.6. The van der Waals surface area contributed by atoms with Crippen molar-refractivity contribution < 1.29 is 31.1 Å². The predicted molar refractivity (Wildman–Crippen MR) is 38.7 cm³/mol. The van der Waals surface area contributed by atoms with Gasteiger partial charge in [0.2, 0.25) is 0 Å². The summed E-state index contributed by atoms with van der Waals surface area (Å²) in [5.74, 6) is -1.25. The van der Waals surface area contributed by atoms with E-state index in [2.05, 4.69) is 4.74 Å². The summed E-state index contributed by atoms with van der Waals surface area (Å²) in [5.41, 5.74) is -3.06. The minimum atomic E-state index is -5.13. The van der Waals surface area contributed by atoms with Crippen molar-refractivity contribution in [3.05, 3.63) is 28.2 Å². The monoisotopic (exact) mass is 247 g/mol. The molecule has 0 spiro atoms. The number of pyridine rings is 1. The second-order valence-corrected chi connectivity index (χ2v) is 2.61. The van der Waals surface area contributed by atoms with Gasteiger partial charge < -0.3 is 9.72 Å². The van der Waals surface area contributed by atoms with Gasteiger partial charge in [0.15, 0.2) is 5.75 Å². The number of aromatic nitrogens is 1. The minimum absolute atomic E-state index is 0.280. The molecule has 0 aliphatic rings.